The number of fused-ring (bicyclic) bond motifs is 1. The van der Waals surface area contributed by atoms with Crippen molar-refractivity contribution in [3.8, 4) is 6.07 Å². The van der Waals surface area contributed by atoms with Crippen molar-refractivity contribution in [3.63, 3.8) is 0 Å². The number of hydrogen-bond donors (Lipinski definition) is 2. The minimum absolute atomic E-state index is 0.0651. The number of nitrogens with one attached hydrogen (secondary N) is 2. The number of dihydropyridines is 1. The van der Waals surface area contributed by atoms with E-state index in [9.17, 15) is 19.6 Å². The molecule has 0 bridgehead atoms. The highest BCUT2D eigenvalue weighted by molar-refractivity contribution is 8.03. The van der Waals surface area contributed by atoms with E-state index in [0.29, 0.717) is 37.4 Å². The summed E-state index contributed by atoms with van der Waals surface area (Å²) in [4.78, 5) is 40.9. The monoisotopic (exact) mass is 661 g/mol. The summed E-state index contributed by atoms with van der Waals surface area (Å²) in [5.41, 5.74) is 3.64. The highest BCUT2D eigenvalue weighted by atomic mass is 35.5. The number of nitrogens with zero attached hydrogens (tertiary/aromatic N) is 1. The van der Waals surface area contributed by atoms with Crippen LogP contribution in [0.1, 0.15) is 64.5 Å². The van der Waals surface area contributed by atoms with Crippen molar-refractivity contribution in [3.05, 3.63) is 103 Å². The van der Waals surface area contributed by atoms with Gasteiger partial charge in [0.15, 0.2) is 0 Å². The molecule has 8 nitrogen and oxygen atoms in total. The lowest BCUT2D eigenvalue weighted by molar-refractivity contribution is -0.138. The molecule has 11 heteroatoms. The van der Waals surface area contributed by atoms with E-state index in [1.807, 2.05) is 30.3 Å². The molecule has 1 amide bonds. The summed E-state index contributed by atoms with van der Waals surface area (Å²) in [6.07, 6.45) is 3.65. The topological polar surface area (TPSA) is 118 Å². The van der Waals surface area contributed by atoms with Crippen LogP contribution in [0.25, 0.3) is 5.70 Å². The third-order valence-corrected chi connectivity index (χ3v) is 10.0. The number of rotatable bonds is 10. The number of anilines is 1. The van der Waals surface area contributed by atoms with Gasteiger partial charge in [-0.05, 0) is 62.3 Å². The van der Waals surface area contributed by atoms with E-state index < -0.39 is 17.9 Å². The fraction of sp³-hybridized carbons (Fsp3) is 0.294. The minimum Gasteiger partial charge on any atom is -0.463 e. The third kappa shape index (κ3) is 6.96. The van der Waals surface area contributed by atoms with Crippen molar-refractivity contribution in [2.24, 2.45) is 0 Å². The number of carbonyl (C=O) groups is 3. The first-order chi connectivity index (χ1) is 21.9. The maximum Gasteiger partial charge on any atom is 0.341 e. The van der Waals surface area contributed by atoms with Crippen LogP contribution in [-0.4, -0.2) is 36.8 Å². The molecule has 0 spiro atoms. The van der Waals surface area contributed by atoms with E-state index in [2.05, 4.69) is 16.7 Å². The van der Waals surface area contributed by atoms with Gasteiger partial charge in [0.2, 0.25) is 5.91 Å². The van der Waals surface area contributed by atoms with E-state index in [1.54, 1.807) is 38.1 Å². The molecule has 5 rings (SSSR count). The van der Waals surface area contributed by atoms with E-state index in [0.717, 1.165) is 47.9 Å². The molecule has 2 aliphatic rings. The van der Waals surface area contributed by atoms with Gasteiger partial charge in [-0.15, -0.1) is 11.3 Å². The van der Waals surface area contributed by atoms with Crippen LogP contribution in [0.5, 0.6) is 0 Å². The Balaban J connectivity index is 1.50. The zero-order chi connectivity index (χ0) is 31.9. The van der Waals surface area contributed by atoms with Gasteiger partial charge in [0.1, 0.15) is 5.00 Å². The molecule has 45 heavy (non-hydrogen) atoms. The van der Waals surface area contributed by atoms with E-state index in [1.165, 1.54) is 11.3 Å². The number of amides is 1. The second-order valence-electron chi connectivity index (χ2n) is 10.3. The van der Waals surface area contributed by atoms with E-state index in [4.69, 9.17) is 21.1 Å². The molecule has 2 heterocycles. The smallest absolute Gasteiger partial charge is 0.341 e. The molecule has 2 N–H and O–H groups in total. The second-order valence-corrected chi connectivity index (χ2v) is 12.8. The molecule has 0 saturated heterocycles. The Morgan fingerprint density at radius 1 is 1.02 bits per heavy atom. The van der Waals surface area contributed by atoms with Gasteiger partial charge in [-0.1, -0.05) is 71.9 Å². The molecule has 0 radical (unpaired) electrons. The molecular formula is C34H32ClN3O5S2. The van der Waals surface area contributed by atoms with Gasteiger partial charge >= 0.3 is 11.9 Å². The number of esters is 2. The van der Waals surface area contributed by atoms with Gasteiger partial charge in [-0.3, -0.25) is 4.79 Å². The van der Waals surface area contributed by atoms with Crippen molar-refractivity contribution in [2.45, 2.75) is 45.4 Å². The average molecular weight is 662 g/mol. The van der Waals surface area contributed by atoms with Crippen molar-refractivity contribution in [2.75, 3.05) is 24.3 Å². The Bertz CT molecular complexity index is 1720. The second kappa shape index (κ2) is 14.8. The summed E-state index contributed by atoms with van der Waals surface area (Å²) >= 11 is 9.22. The summed E-state index contributed by atoms with van der Waals surface area (Å²) < 4.78 is 10.8. The molecule has 232 valence electrons. The SMILES string of the molecule is CCOC(=O)C1=C(c2ccccc2)NC(SCC(=O)Nc2sc3c(c2C(=O)OCC)CCCC3)=C(C#N)[C@@H]1c1ccccc1Cl. The quantitative estimate of drug-likeness (QED) is 0.219. The highest BCUT2D eigenvalue weighted by Crippen LogP contribution is 2.45. The maximum absolute atomic E-state index is 13.5. The lowest BCUT2D eigenvalue weighted by Crippen LogP contribution is -2.30. The Morgan fingerprint density at radius 3 is 2.42 bits per heavy atom. The fourth-order valence-corrected chi connectivity index (χ4v) is 7.93. The first-order valence-corrected chi connectivity index (χ1v) is 16.9. The largest absolute Gasteiger partial charge is 0.463 e. The third-order valence-electron chi connectivity index (χ3n) is 7.48. The van der Waals surface area contributed by atoms with Gasteiger partial charge < -0.3 is 20.1 Å². The fourth-order valence-electron chi connectivity index (χ4n) is 5.55. The number of halogens is 1. The van der Waals surface area contributed by atoms with Crippen LogP contribution >= 0.6 is 34.7 Å². The van der Waals surface area contributed by atoms with E-state index >= 15 is 0 Å². The number of hydrogen-bond acceptors (Lipinski definition) is 9. The van der Waals surface area contributed by atoms with Gasteiger partial charge in [-0.2, -0.15) is 5.26 Å². The molecule has 0 fully saturated rings. The minimum atomic E-state index is -0.843. The molecule has 0 saturated carbocycles. The van der Waals surface area contributed by atoms with Gasteiger partial charge in [0.25, 0.3) is 0 Å². The molecule has 3 aromatic rings. The number of allylic oxidation sites excluding steroid dienone is 1. The number of benzene rings is 2. The maximum atomic E-state index is 13.5. The summed E-state index contributed by atoms with van der Waals surface area (Å²) in [5.74, 6) is -2.26. The number of ether oxygens (including phenoxy) is 2. The summed E-state index contributed by atoms with van der Waals surface area (Å²) in [6, 6.07) is 18.6. The van der Waals surface area contributed by atoms with Crippen LogP contribution in [0.2, 0.25) is 5.02 Å². The summed E-state index contributed by atoms with van der Waals surface area (Å²) in [7, 11) is 0. The first kappa shape index (κ1) is 32.4. The van der Waals surface area contributed by atoms with Crippen LogP contribution in [0.4, 0.5) is 5.00 Å². The van der Waals surface area contributed by atoms with Gasteiger partial charge in [-0.25, -0.2) is 9.59 Å². The van der Waals surface area contributed by atoms with Crippen LogP contribution in [0.15, 0.2) is 70.8 Å². The normalized spacial score (nSPS) is 15.9. The molecule has 1 aliphatic heterocycles. The number of thioether (sulfide) groups is 1. The van der Waals surface area contributed by atoms with Gasteiger partial charge in [0.05, 0.1) is 58.4 Å². The van der Waals surface area contributed by atoms with Crippen molar-refractivity contribution in [1.29, 1.82) is 5.26 Å². The highest BCUT2D eigenvalue weighted by Gasteiger charge is 2.38. The summed E-state index contributed by atoms with van der Waals surface area (Å²) in [5, 5.41) is 18.0. The zero-order valence-corrected chi connectivity index (χ0v) is 27.3. The lowest BCUT2D eigenvalue weighted by atomic mass is 9.81. The Kier molecular flexibility index (Phi) is 10.7. The predicted molar refractivity (Wildman–Crippen MR) is 178 cm³/mol. The van der Waals surface area contributed by atoms with Crippen LogP contribution in [-0.2, 0) is 31.9 Å². The number of thiophene rings is 1. The first-order valence-electron chi connectivity index (χ1n) is 14.7. The molecule has 0 unspecified atom stereocenters. The molecular weight excluding hydrogens is 630 g/mol. The van der Waals surface area contributed by atoms with Crippen LogP contribution in [0, 0.1) is 11.3 Å². The molecule has 1 aromatic heterocycles. The van der Waals surface area contributed by atoms with Crippen LogP contribution in [0.3, 0.4) is 0 Å². The zero-order valence-electron chi connectivity index (χ0n) is 24.9. The van der Waals surface area contributed by atoms with Crippen molar-refractivity contribution >= 4 is 63.2 Å². The van der Waals surface area contributed by atoms with Crippen molar-refractivity contribution in [1.82, 2.24) is 5.32 Å². The number of nitriles is 1. The lowest BCUT2D eigenvalue weighted by Gasteiger charge is -2.31. The van der Waals surface area contributed by atoms with Gasteiger partial charge in [0, 0.05) is 9.90 Å². The molecule has 1 atom stereocenters. The molecule has 1 aliphatic carbocycles. The summed E-state index contributed by atoms with van der Waals surface area (Å²) in [6.45, 7) is 3.86. The standard InChI is InChI=1S/C34H32ClN3O5S2/c1-3-42-33(40)28-22-15-9-11-17-25(22)45-32(28)37-26(39)19-44-31-23(18-36)27(21-14-8-10-16-24(21)35)29(34(41)43-4-2)30(38-31)20-12-6-5-7-13-20/h5-8,10,12-14,16,27,38H,3-4,9,11,15,17,19H2,1-2H3,(H,37,39)/t27-/m0/s1. The number of carbonyl (C=O) groups excluding carboxylic acids is 3. The Labute approximate surface area is 275 Å². The van der Waals surface area contributed by atoms with Crippen LogP contribution < -0.4 is 10.6 Å². The van der Waals surface area contributed by atoms with E-state index in [-0.39, 0.29) is 36.0 Å². The molecule has 2 aromatic carbocycles. The number of aryl methyl sites for hydroxylation is 1. The average Bonchev–Trinajstić information content (AvgIpc) is 3.41. The predicted octanol–water partition coefficient (Wildman–Crippen LogP) is 7.23. The van der Waals surface area contributed by atoms with Crippen molar-refractivity contribution < 1.29 is 23.9 Å². The Morgan fingerprint density at radius 2 is 1.71 bits per heavy atom. The Hall–Kier alpha value is -4.04.